The third kappa shape index (κ3) is 8.24. The molecule has 0 radical (unpaired) electrons. The van der Waals surface area contributed by atoms with Crippen molar-refractivity contribution in [2.45, 2.75) is 38.8 Å². The van der Waals surface area contributed by atoms with Gasteiger partial charge in [-0.1, -0.05) is 44.2 Å². The second-order valence-electron chi connectivity index (χ2n) is 7.35. The molecule has 162 valence electrons. The molecule has 8 nitrogen and oxygen atoms in total. The van der Waals surface area contributed by atoms with Crippen LogP contribution in [0.4, 0.5) is 3.89 Å². The maximum atomic E-state index is 13.3. The number of amides is 2. The Kier molecular flexibility index (Phi) is 8.40. The number of halogens is 1. The zero-order valence-electron chi connectivity index (χ0n) is 16.8. The van der Waals surface area contributed by atoms with Gasteiger partial charge >= 0.3 is 10.2 Å². The highest BCUT2D eigenvalue weighted by atomic mass is 32.3. The Labute approximate surface area is 175 Å². The van der Waals surface area contributed by atoms with Crippen molar-refractivity contribution in [3.05, 3.63) is 60.2 Å². The predicted molar refractivity (Wildman–Crippen MR) is 110 cm³/mol. The van der Waals surface area contributed by atoms with Crippen LogP contribution in [0.2, 0.25) is 0 Å². The smallest absolute Gasteiger partial charge is 0.304 e. The first-order valence-corrected chi connectivity index (χ1v) is 11.0. The third-order valence-corrected chi connectivity index (χ3v) is 5.00. The van der Waals surface area contributed by atoms with Crippen molar-refractivity contribution in [3.8, 4) is 0 Å². The van der Waals surface area contributed by atoms with E-state index in [1.54, 1.807) is 24.3 Å². The van der Waals surface area contributed by atoms with Crippen molar-refractivity contribution in [3.63, 3.8) is 0 Å². The molecule has 0 spiro atoms. The lowest BCUT2D eigenvalue weighted by atomic mass is 10.0. The van der Waals surface area contributed by atoms with Crippen molar-refractivity contribution in [2.24, 2.45) is 5.92 Å². The molecule has 0 aliphatic rings. The van der Waals surface area contributed by atoms with Gasteiger partial charge in [0, 0.05) is 24.9 Å². The Bertz CT molecular complexity index is 940. The molecule has 2 aromatic rings. The van der Waals surface area contributed by atoms with Crippen LogP contribution < -0.4 is 10.6 Å². The maximum absolute atomic E-state index is 13.3. The van der Waals surface area contributed by atoms with Crippen LogP contribution in [0.3, 0.4) is 0 Å². The quantitative estimate of drug-likeness (QED) is 0.547. The summed E-state index contributed by atoms with van der Waals surface area (Å²) < 4.78 is 35.5. The molecule has 0 saturated heterocycles. The van der Waals surface area contributed by atoms with Crippen LogP contribution in [0.15, 0.2) is 48.9 Å². The van der Waals surface area contributed by atoms with E-state index in [1.807, 2.05) is 19.9 Å². The first kappa shape index (κ1) is 23.4. The maximum Gasteiger partial charge on any atom is 0.304 e. The minimum absolute atomic E-state index is 0.0267. The molecule has 0 bridgehead atoms. The average Bonchev–Trinajstić information content (AvgIpc) is 2.67. The van der Waals surface area contributed by atoms with Gasteiger partial charge in [-0.2, -0.15) is 8.42 Å². The molecule has 0 fully saturated rings. The number of nitrogens with one attached hydrogen (secondary N) is 2. The molecule has 0 saturated carbocycles. The van der Waals surface area contributed by atoms with E-state index in [2.05, 4.69) is 20.6 Å². The highest BCUT2D eigenvalue weighted by Crippen LogP contribution is 2.10. The number of hydrogen-bond acceptors (Lipinski definition) is 6. The van der Waals surface area contributed by atoms with Gasteiger partial charge in [0.05, 0.1) is 6.20 Å². The molecule has 1 aromatic carbocycles. The molecule has 0 unspecified atom stereocenters. The van der Waals surface area contributed by atoms with Gasteiger partial charge in [0.25, 0.3) is 5.91 Å². The van der Waals surface area contributed by atoms with Gasteiger partial charge in [0.15, 0.2) is 0 Å². The van der Waals surface area contributed by atoms with Crippen LogP contribution in [0, 0.1) is 5.92 Å². The number of hydrogen-bond donors (Lipinski definition) is 2. The van der Waals surface area contributed by atoms with Gasteiger partial charge in [-0.05, 0) is 17.9 Å². The van der Waals surface area contributed by atoms with Gasteiger partial charge in [0.2, 0.25) is 5.91 Å². The summed E-state index contributed by atoms with van der Waals surface area (Å²) >= 11 is 0. The average molecular weight is 437 g/mol. The van der Waals surface area contributed by atoms with Crippen molar-refractivity contribution in [1.82, 2.24) is 20.6 Å². The second kappa shape index (κ2) is 10.8. The second-order valence-corrected chi connectivity index (χ2v) is 8.76. The summed E-state index contributed by atoms with van der Waals surface area (Å²) in [6, 6.07) is 7.08. The zero-order valence-corrected chi connectivity index (χ0v) is 17.6. The Hall–Kier alpha value is -2.88. The lowest BCUT2D eigenvalue weighted by Gasteiger charge is -2.24. The van der Waals surface area contributed by atoms with E-state index in [1.165, 1.54) is 18.6 Å². The fourth-order valence-corrected chi connectivity index (χ4v) is 3.69. The normalized spacial score (nSPS) is 13.5. The summed E-state index contributed by atoms with van der Waals surface area (Å²) in [6.07, 6.45) is 4.47. The summed E-state index contributed by atoms with van der Waals surface area (Å²) in [5, 5.41) is 5.18. The molecule has 0 aliphatic carbocycles. The van der Waals surface area contributed by atoms with Crippen LogP contribution >= 0.6 is 0 Å². The number of benzene rings is 1. The summed E-state index contributed by atoms with van der Waals surface area (Å²) in [7, 11) is -4.79. The molecule has 2 amide bonds. The number of aromatic nitrogens is 2. The largest absolute Gasteiger partial charge is 0.350 e. The van der Waals surface area contributed by atoms with Crippen molar-refractivity contribution >= 4 is 22.0 Å². The Morgan fingerprint density at radius 3 is 2.37 bits per heavy atom. The lowest BCUT2D eigenvalue weighted by molar-refractivity contribution is -0.123. The van der Waals surface area contributed by atoms with E-state index in [9.17, 15) is 21.9 Å². The summed E-state index contributed by atoms with van der Waals surface area (Å²) in [6.45, 7) is 3.67. The molecule has 10 heteroatoms. The number of nitrogens with zero attached hydrogens (tertiary/aromatic N) is 2. The van der Waals surface area contributed by atoms with Gasteiger partial charge < -0.3 is 10.6 Å². The summed E-state index contributed by atoms with van der Waals surface area (Å²) in [5.74, 6) is -2.01. The fraction of sp³-hybridized carbons (Fsp3) is 0.400. The highest BCUT2D eigenvalue weighted by molar-refractivity contribution is 7.86. The summed E-state index contributed by atoms with van der Waals surface area (Å²) in [4.78, 5) is 33.1. The van der Waals surface area contributed by atoms with E-state index in [0.29, 0.717) is 0 Å². The zero-order chi connectivity index (χ0) is 22.1. The van der Waals surface area contributed by atoms with Crippen LogP contribution in [-0.4, -0.2) is 48.0 Å². The summed E-state index contributed by atoms with van der Waals surface area (Å²) in [5.41, 5.74) is 0.823. The van der Waals surface area contributed by atoms with Crippen molar-refractivity contribution in [1.29, 1.82) is 0 Å². The van der Waals surface area contributed by atoms with Gasteiger partial charge in [-0.3, -0.25) is 14.6 Å². The molecular formula is C20H25FN4O4S. The fourth-order valence-electron chi connectivity index (χ4n) is 2.99. The molecule has 2 N–H and O–H groups in total. The molecule has 0 aliphatic heterocycles. The minimum Gasteiger partial charge on any atom is -0.350 e. The Morgan fingerprint density at radius 1 is 1.10 bits per heavy atom. The molecule has 2 rings (SSSR count). The minimum atomic E-state index is -4.79. The van der Waals surface area contributed by atoms with Gasteiger partial charge in [-0.15, -0.1) is 3.89 Å². The molecule has 2 atom stereocenters. The predicted octanol–water partition coefficient (Wildman–Crippen LogP) is 1.65. The highest BCUT2D eigenvalue weighted by Gasteiger charge is 2.27. The molecule has 30 heavy (non-hydrogen) atoms. The number of rotatable bonds is 10. The first-order chi connectivity index (χ1) is 14.1. The third-order valence-electron chi connectivity index (χ3n) is 4.20. The number of carbonyl (C=O) groups excluding carboxylic acids is 2. The Morgan fingerprint density at radius 2 is 1.80 bits per heavy atom. The molecule has 1 aromatic heterocycles. The first-order valence-electron chi connectivity index (χ1n) is 9.47. The topological polar surface area (TPSA) is 118 Å². The van der Waals surface area contributed by atoms with E-state index in [0.717, 1.165) is 5.56 Å². The molecular weight excluding hydrogens is 411 g/mol. The van der Waals surface area contributed by atoms with Crippen LogP contribution in [0.25, 0.3) is 0 Å². The van der Waals surface area contributed by atoms with E-state index in [-0.39, 0.29) is 24.5 Å². The van der Waals surface area contributed by atoms with E-state index < -0.39 is 39.9 Å². The Balaban J connectivity index is 2.20. The SMILES string of the molecule is CC(C)C[C@@H](CS(=O)(=O)F)NC(=O)[C@H](Cc1ccccc1)NC(=O)c1cnccn1. The van der Waals surface area contributed by atoms with Crippen molar-refractivity contribution < 1.29 is 21.9 Å². The van der Waals surface area contributed by atoms with Gasteiger partial charge in [0.1, 0.15) is 17.5 Å². The van der Waals surface area contributed by atoms with Crippen molar-refractivity contribution in [2.75, 3.05) is 5.75 Å². The van der Waals surface area contributed by atoms with E-state index in [4.69, 9.17) is 0 Å². The van der Waals surface area contributed by atoms with E-state index >= 15 is 0 Å². The van der Waals surface area contributed by atoms with Gasteiger partial charge in [-0.25, -0.2) is 4.98 Å². The standard InChI is InChI=1S/C20H25FN4O4S/c1-14(2)10-16(13-30(21,28)29)24-19(26)17(11-15-6-4-3-5-7-15)25-20(27)18-12-22-8-9-23-18/h3-9,12,14,16-17H,10-11,13H2,1-2H3,(H,24,26)(H,25,27)/t16-,17-/m0/s1. The number of carbonyl (C=O) groups is 2. The van der Waals surface area contributed by atoms with Crippen LogP contribution in [-0.2, 0) is 21.4 Å². The van der Waals surface area contributed by atoms with Crippen LogP contribution in [0.5, 0.6) is 0 Å². The molecule has 1 heterocycles. The van der Waals surface area contributed by atoms with Crippen LogP contribution in [0.1, 0.15) is 36.3 Å². The lowest BCUT2D eigenvalue weighted by Crippen LogP contribution is -2.52. The monoisotopic (exact) mass is 436 g/mol.